The molecule has 92 valence electrons. The van der Waals surface area contributed by atoms with Crippen molar-refractivity contribution in [3.8, 4) is 0 Å². The second-order valence-corrected chi connectivity index (χ2v) is 4.76. The highest BCUT2D eigenvalue weighted by molar-refractivity contribution is 4.90. The molecular formula is C12H24N4. The van der Waals surface area contributed by atoms with Crippen molar-refractivity contribution < 1.29 is 0 Å². The third kappa shape index (κ3) is 3.59. The maximum atomic E-state index is 4.44. The lowest BCUT2D eigenvalue weighted by Gasteiger charge is -2.18. The van der Waals surface area contributed by atoms with E-state index in [2.05, 4.69) is 36.2 Å². The van der Waals surface area contributed by atoms with E-state index in [1.807, 2.05) is 18.5 Å². The van der Waals surface area contributed by atoms with Gasteiger partial charge in [0.1, 0.15) is 11.6 Å². The number of aromatic nitrogens is 3. The molecular weight excluding hydrogens is 200 g/mol. The smallest absolute Gasteiger partial charge is 0.147 e. The number of aryl methyl sites for hydroxylation is 2. The summed E-state index contributed by atoms with van der Waals surface area (Å²) in [5.74, 6) is 2.56. The van der Waals surface area contributed by atoms with Crippen molar-refractivity contribution in [2.24, 2.45) is 5.92 Å². The van der Waals surface area contributed by atoms with Gasteiger partial charge in [0.15, 0.2) is 0 Å². The minimum atomic E-state index is 0.417. The Morgan fingerprint density at radius 1 is 1.25 bits per heavy atom. The van der Waals surface area contributed by atoms with Gasteiger partial charge in [-0.3, -0.25) is 0 Å². The zero-order valence-corrected chi connectivity index (χ0v) is 11.1. The summed E-state index contributed by atoms with van der Waals surface area (Å²) in [6.07, 6.45) is 1.08. The predicted molar refractivity (Wildman–Crippen MR) is 66.5 cm³/mol. The highest BCUT2D eigenvalue weighted by Gasteiger charge is 2.13. The normalized spacial score (nSPS) is 13.4. The van der Waals surface area contributed by atoms with E-state index in [4.69, 9.17) is 0 Å². The van der Waals surface area contributed by atoms with Crippen LogP contribution in [0.5, 0.6) is 0 Å². The Labute approximate surface area is 98.5 Å². The lowest BCUT2D eigenvalue weighted by Crippen LogP contribution is -2.29. The van der Waals surface area contributed by atoms with Gasteiger partial charge in [0.25, 0.3) is 0 Å². The van der Waals surface area contributed by atoms with E-state index in [9.17, 15) is 0 Å². The lowest BCUT2D eigenvalue weighted by molar-refractivity contribution is 0.391. The molecule has 16 heavy (non-hydrogen) atoms. The van der Waals surface area contributed by atoms with E-state index < -0.39 is 0 Å². The Morgan fingerprint density at radius 3 is 2.38 bits per heavy atom. The SMILES string of the molecule is CCC(CNCC(C)C)n1nc(C)nc1C. The van der Waals surface area contributed by atoms with Crippen LogP contribution in [0.4, 0.5) is 0 Å². The summed E-state index contributed by atoms with van der Waals surface area (Å²) < 4.78 is 2.04. The van der Waals surface area contributed by atoms with Crippen LogP contribution in [0, 0.1) is 19.8 Å². The van der Waals surface area contributed by atoms with Crippen LogP contribution in [0.2, 0.25) is 0 Å². The molecule has 0 fully saturated rings. The van der Waals surface area contributed by atoms with Crippen molar-refractivity contribution >= 4 is 0 Å². The largest absolute Gasteiger partial charge is 0.314 e. The van der Waals surface area contributed by atoms with Gasteiger partial charge in [0.05, 0.1) is 6.04 Å². The van der Waals surface area contributed by atoms with Crippen molar-refractivity contribution in [2.75, 3.05) is 13.1 Å². The number of rotatable bonds is 6. The molecule has 1 atom stereocenters. The van der Waals surface area contributed by atoms with E-state index in [1.54, 1.807) is 0 Å². The molecule has 0 spiro atoms. The van der Waals surface area contributed by atoms with Crippen LogP contribution in [0.15, 0.2) is 0 Å². The van der Waals surface area contributed by atoms with Crippen molar-refractivity contribution in [1.29, 1.82) is 0 Å². The summed E-state index contributed by atoms with van der Waals surface area (Å²) in [4.78, 5) is 4.35. The van der Waals surface area contributed by atoms with Crippen LogP contribution in [0.3, 0.4) is 0 Å². The van der Waals surface area contributed by atoms with Gasteiger partial charge in [0, 0.05) is 6.54 Å². The molecule has 1 heterocycles. The topological polar surface area (TPSA) is 42.7 Å². The quantitative estimate of drug-likeness (QED) is 0.804. The van der Waals surface area contributed by atoms with Crippen molar-refractivity contribution in [1.82, 2.24) is 20.1 Å². The summed E-state index contributed by atoms with van der Waals surface area (Å²) in [6, 6.07) is 0.417. The van der Waals surface area contributed by atoms with E-state index >= 15 is 0 Å². The molecule has 0 aliphatic rings. The number of nitrogens with zero attached hydrogens (tertiary/aromatic N) is 3. The highest BCUT2D eigenvalue weighted by Crippen LogP contribution is 2.11. The van der Waals surface area contributed by atoms with E-state index in [-0.39, 0.29) is 0 Å². The molecule has 0 saturated carbocycles. The Kier molecular flexibility index (Phi) is 4.93. The van der Waals surface area contributed by atoms with Crippen molar-refractivity contribution in [3.63, 3.8) is 0 Å². The molecule has 4 nitrogen and oxygen atoms in total. The summed E-state index contributed by atoms with van der Waals surface area (Å²) in [5, 5.41) is 7.93. The standard InChI is InChI=1S/C12H24N4/c1-6-12(8-13-7-9(2)3)16-11(5)14-10(4)15-16/h9,12-13H,6-8H2,1-5H3. The van der Waals surface area contributed by atoms with Gasteiger partial charge < -0.3 is 5.32 Å². The van der Waals surface area contributed by atoms with Crippen molar-refractivity contribution in [2.45, 2.75) is 47.1 Å². The lowest BCUT2D eigenvalue weighted by atomic mass is 10.2. The first-order valence-corrected chi connectivity index (χ1v) is 6.15. The van der Waals surface area contributed by atoms with Crippen LogP contribution in [-0.2, 0) is 0 Å². The van der Waals surface area contributed by atoms with E-state index in [1.165, 1.54) is 0 Å². The zero-order chi connectivity index (χ0) is 12.1. The number of hydrogen-bond donors (Lipinski definition) is 1. The Bertz CT molecular complexity index is 317. The number of hydrogen-bond acceptors (Lipinski definition) is 3. The molecule has 4 heteroatoms. The molecule has 1 aromatic heterocycles. The third-order valence-electron chi connectivity index (χ3n) is 2.66. The second-order valence-electron chi connectivity index (χ2n) is 4.76. The Balaban J connectivity index is 2.57. The molecule has 1 unspecified atom stereocenters. The van der Waals surface area contributed by atoms with Gasteiger partial charge in [-0.1, -0.05) is 20.8 Å². The number of nitrogens with one attached hydrogen (secondary N) is 1. The van der Waals surface area contributed by atoms with Crippen LogP contribution >= 0.6 is 0 Å². The molecule has 0 radical (unpaired) electrons. The van der Waals surface area contributed by atoms with Gasteiger partial charge in [-0.15, -0.1) is 0 Å². The molecule has 0 aliphatic carbocycles. The average Bonchev–Trinajstić information content (AvgIpc) is 2.52. The average molecular weight is 224 g/mol. The Hall–Kier alpha value is -0.900. The maximum Gasteiger partial charge on any atom is 0.147 e. The van der Waals surface area contributed by atoms with Gasteiger partial charge in [-0.05, 0) is 32.7 Å². The second kappa shape index (κ2) is 5.99. The predicted octanol–water partition coefficient (Wildman–Crippen LogP) is 2.09. The fourth-order valence-electron chi connectivity index (χ4n) is 1.82. The molecule has 0 aromatic carbocycles. The minimum Gasteiger partial charge on any atom is -0.314 e. The first-order valence-electron chi connectivity index (χ1n) is 6.15. The van der Waals surface area contributed by atoms with Crippen molar-refractivity contribution in [3.05, 3.63) is 11.6 Å². The fourth-order valence-corrected chi connectivity index (χ4v) is 1.82. The molecule has 0 aliphatic heterocycles. The van der Waals surface area contributed by atoms with Gasteiger partial charge in [-0.25, -0.2) is 9.67 Å². The molecule has 1 rings (SSSR count). The Morgan fingerprint density at radius 2 is 1.94 bits per heavy atom. The fraction of sp³-hybridized carbons (Fsp3) is 0.833. The minimum absolute atomic E-state index is 0.417. The molecule has 0 bridgehead atoms. The van der Waals surface area contributed by atoms with E-state index in [0.29, 0.717) is 12.0 Å². The first kappa shape index (κ1) is 13.2. The third-order valence-corrected chi connectivity index (χ3v) is 2.66. The zero-order valence-electron chi connectivity index (χ0n) is 11.1. The summed E-state index contributed by atoms with van der Waals surface area (Å²) in [5.41, 5.74) is 0. The highest BCUT2D eigenvalue weighted by atomic mass is 15.4. The molecule has 1 N–H and O–H groups in total. The molecule has 0 saturated heterocycles. The van der Waals surface area contributed by atoms with Crippen LogP contribution in [0.1, 0.15) is 44.9 Å². The summed E-state index contributed by atoms with van der Waals surface area (Å²) in [6.45, 7) is 12.6. The maximum absolute atomic E-state index is 4.44. The van der Waals surface area contributed by atoms with E-state index in [0.717, 1.165) is 31.2 Å². The summed E-state index contributed by atoms with van der Waals surface area (Å²) >= 11 is 0. The van der Waals surface area contributed by atoms with Crippen LogP contribution in [0.25, 0.3) is 0 Å². The molecule has 0 amide bonds. The first-order chi connectivity index (χ1) is 7.54. The van der Waals surface area contributed by atoms with Gasteiger partial charge in [-0.2, -0.15) is 5.10 Å². The van der Waals surface area contributed by atoms with Gasteiger partial charge in [0.2, 0.25) is 0 Å². The monoisotopic (exact) mass is 224 g/mol. The van der Waals surface area contributed by atoms with Crippen LogP contribution < -0.4 is 5.32 Å². The van der Waals surface area contributed by atoms with Crippen LogP contribution in [-0.4, -0.2) is 27.9 Å². The molecule has 1 aromatic rings. The van der Waals surface area contributed by atoms with Gasteiger partial charge >= 0.3 is 0 Å². The summed E-state index contributed by atoms with van der Waals surface area (Å²) in [7, 11) is 0.